The molecule has 0 spiro atoms. The number of hydrogen-bond donors (Lipinski definition) is 1. The molecule has 1 heterocycles. The molecule has 3 heteroatoms. The molecule has 0 saturated heterocycles. The molecule has 0 radical (unpaired) electrons. The van der Waals surface area contributed by atoms with Crippen molar-refractivity contribution in [2.24, 2.45) is 0 Å². The second-order valence-electron chi connectivity index (χ2n) is 5.21. The second kappa shape index (κ2) is 5.01. The summed E-state index contributed by atoms with van der Waals surface area (Å²) in [5.41, 5.74) is 3.08. The van der Waals surface area contributed by atoms with Crippen LogP contribution in [0.5, 0.6) is 0 Å². The van der Waals surface area contributed by atoms with Gasteiger partial charge in [-0.2, -0.15) is 0 Å². The lowest BCUT2D eigenvalue weighted by atomic mass is 9.98. The zero-order valence-corrected chi connectivity index (χ0v) is 10.6. The van der Waals surface area contributed by atoms with E-state index in [0.29, 0.717) is 5.56 Å². The van der Waals surface area contributed by atoms with Gasteiger partial charge in [0, 0.05) is 12.2 Å². The van der Waals surface area contributed by atoms with E-state index in [1.165, 1.54) is 24.8 Å². The Labute approximate surface area is 108 Å². The number of carbonyl (C=O) groups is 1. The van der Waals surface area contributed by atoms with Crippen LogP contribution in [-0.4, -0.2) is 18.6 Å². The van der Waals surface area contributed by atoms with Crippen molar-refractivity contribution in [2.75, 3.05) is 11.9 Å². The predicted molar refractivity (Wildman–Crippen MR) is 70.9 cm³/mol. The highest BCUT2D eigenvalue weighted by atomic mass is 16.5. The summed E-state index contributed by atoms with van der Waals surface area (Å²) < 4.78 is 5.58. The fourth-order valence-electron chi connectivity index (χ4n) is 2.83. The lowest BCUT2D eigenvalue weighted by Gasteiger charge is -2.21. The normalized spacial score (nSPS) is 19.1. The summed E-state index contributed by atoms with van der Waals surface area (Å²) in [5, 5.41) is 3.30. The van der Waals surface area contributed by atoms with Gasteiger partial charge >= 0.3 is 5.97 Å². The van der Waals surface area contributed by atoms with Crippen molar-refractivity contribution >= 4 is 11.7 Å². The van der Waals surface area contributed by atoms with Gasteiger partial charge in [-0.25, -0.2) is 4.79 Å². The molecule has 0 unspecified atom stereocenters. The summed E-state index contributed by atoms with van der Waals surface area (Å²) in [5.74, 6) is -0.156. The highest BCUT2D eigenvalue weighted by Gasteiger charge is 2.20. The number of nitrogens with one attached hydrogen (secondary N) is 1. The molecule has 1 aromatic rings. The van der Waals surface area contributed by atoms with Gasteiger partial charge in [-0.15, -0.1) is 0 Å². The van der Waals surface area contributed by atoms with Gasteiger partial charge in [0.15, 0.2) is 0 Å². The minimum atomic E-state index is -0.156. The van der Waals surface area contributed by atoms with Crippen LogP contribution >= 0.6 is 0 Å². The van der Waals surface area contributed by atoms with E-state index in [-0.39, 0.29) is 12.1 Å². The van der Waals surface area contributed by atoms with Crippen LogP contribution in [0.4, 0.5) is 5.69 Å². The Balaban J connectivity index is 1.68. The van der Waals surface area contributed by atoms with Gasteiger partial charge in [0.25, 0.3) is 0 Å². The lowest BCUT2D eigenvalue weighted by molar-refractivity contribution is 0.0211. The van der Waals surface area contributed by atoms with Crippen molar-refractivity contribution in [1.82, 2.24) is 0 Å². The molecule has 18 heavy (non-hydrogen) atoms. The van der Waals surface area contributed by atoms with E-state index in [2.05, 4.69) is 5.32 Å². The molecular formula is C15H19NO2. The molecular weight excluding hydrogens is 226 g/mol. The summed E-state index contributed by atoms with van der Waals surface area (Å²) >= 11 is 0. The van der Waals surface area contributed by atoms with E-state index in [4.69, 9.17) is 4.74 Å². The quantitative estimate of drug-likeness (QED) is 0.813. The third-order valence-electron chi connectivity index (χ3n) is 3.88. The molecule has 1 saturated carbocycles. The average molecular weight is 245 g/mol. The number of ether oxygens (including phenoxy) is 1. The lowest BCUT2D eigenvalue weighted by Crippen LogP contribution is -2.20. The number of benzene rings is 1. The number of rotatable bonds is 2. The van der Waals surface area contributed by atoms with E-state index >= 15 is 0 Å². The van der Waals surface area contributed by atoms with Crippen LogP contribution in [0.3, 0.4) is 0 Å². The average Bonchev–Trinajstić information content (AvgIpc) is 2.87. The molecule has 3 nitrogen and oxygen atoms in total. The summed E-state index contributed by atoms with van der Waals surface area (Å²) in [7, 11) is 0. The smallest absolute Gasteiger partial charge is 0.338 e. The first-order valence-electron chi connectivity index (χ1n) is 6.91. The molecule has 1 aliphatic heterocycles. The minimum Gasteiger partial charge on any atom is -0.459 e. The molecule has 0 amide bonds. The van der Waals surface area contributed by atoms with Crippen LogP contribution in [0.2, 0.25) is 0 Å². The zero-order valence-electron chi connectivity index (χ0n) is 10.6. The van der Waals surface area contributed by atoms with E-state index in [1.807, 2.05) is 18.2 Å². The Bertz CT molecular complexity index is 450. The van der Waals surface area contributed by atoms with E-state index in [9.17, 15) is 4.79 Å². The largest absolute Gasteiger partial charge is 0.459 e. The zero-order chi connectivity index (χ0) is 12.4. The minimum absolute atomic E-state index is 0.137. The molecule has 2 aliphatic rings. The van der Waals surface area contributed by atoms with Crippen molar-refractivity contribution in [3.05, 3.63) is 29.3 Å². The Kier molecular flexibility index (Phi) is 3.22. The number of esters is 1. The van der Waals surface area contributed by atoms with Crippen LogP contribution in [0.1, 0.15) is 48.0 Å². The third-order valence-corrected chi connectivity index (χ3v) is 3.88. The van der Waals surface area contributed by atoms with Crippen molar-refractivity contribution in [3.8, 4) is 0 Å². The van der Waals surface area contributed by atoms with E-state index in [1.54, 1.807) is 0 Å². The Morgan fingerprint density at radius 3 is 2.89 bits per heavy atom. The summed E-state index contributed by atoms with van der Waals surface area (Å²) in [6.45, 7) is 0.969. The van der Waals surface area contributed by atoms with Crippen molar-refractivity contribution in [1.29, 1.82) is 0 Å². The van der Waals surface area contributed by atoms with Crippen LogP contribution in [0, 0.1) is 0 Å². The molecule has 0 atom stereocenters. The highest BCUT2D eigenvalue weighted by molar-refractivity contribution is 5.90. The standard InChI is InChI=1S/C15H19NO2/c17-15(18-13-4-2-1-3-5-13)12-6-7-14-11(10-12)8-9-16-14/h6-7,10,13,16H,1-5,8-9H2. The number of carbonyl (C=O) groups excluding carboxylic acids is 1. The van der Waals surface area contributed by atoms with Crippen LogP contribution < -0.4 is 5.32 Å². The first kappa shape index (κ1) is 11.6. The fraction of sp³-hybridized carbons (Fsp3) is 0.533. The molecule has 1 N–H and O–H groups in total. The molecule has 1 aromatic carbocycles. The van der Waals surface area contributed by atoms with Gasteiger partial charge in [-0.05, 0) is 55.9 Å². The number of hydrogen-bond acceptors (Lipinski definition) is 3. The van der Waals surface area contributed by atoms with E-state index < -0.39 is 0 Å². The summed E-state index contributed by atoms with van der Waals surface area (Å²) in [4.78, 5) is 12.1. The Hall–Kier alpha value is -1.51. The number of fused-ring (bicyclic) bond motifs is 1. The topological polar surface area (TPSA) is 38.3 Å². The Morgan fingerprint density at radius 1 is 1.22 bits per heavy atom. The van der Waals surface area contributed by atoms with Gasteiger partial charge in [0.05, 0.1) is 5.56 Å². The van der Waals surface area contributed by atoms with Crippen LogP contribution in [-0.2, 0) is 11.2 Å². The van der Waals surface area contributed by atoms with Crippen molar-refractivity contribution in [2.45, 2.75) is 44.6 Å². The van der Waals surface area contributed by atoms with Gasteiger partial charge < -0.3 is 10.1 Å². The summed E-state index contributed by atoms with van der Waals surface area (Å²) in [6.07, 6.45) is 6.84. The first-order chi connectivity index (χ1) is 8.83. The van der Waals surface area contributed by atoms with Gasteiger partial charge in [-0.3, -0.25) is 0 Å². The van der Waals surface area contributed by atoms with Gasteiger partial charge in [0.1, 0.15) is 6.10 Å². The van der Waals surface area contributed by atoms with E-state index in [0.717, 1.165) is 31.5 Å². The van der Waals surface area contributed by atoms with Crippen LogP contribution in [0.25, 0.3) is 0 Å². The summed E-state index contributed by atoms with van der Waals surface area (Å²) in [6, 6.07) is 5.82. The van der Waals surface area contributed by atoms with Gasteiger partial charge in [0.2, 0.25) is 0 Å². The maximum absolute atomic E-state index is 12.1. The van der Waals surface area contributed by atoms with Crippen molar-refractivity contribution < 1.29 is 9.53 Å². The monoisotopic (exact) mass is 245 g/mol. The maximum Gasteiger partial charge on any atom is 0.338 e. The number of anilines is 1. The fourth-order valence-corrected chi connectivity index (χ4v) is 2.83. The molecule has 0 bridgehead atoms. The second-order valence-corrected chi connectivity index (χ2v) is 5.21. The SMILES string of the molecule is O=C(OC1CCCCC1)c1ccc2c(c1)CCN2. The maximum atomic E-state index is 12.1. The third kappa shape index (κ3) is 2.35. The first-order valence-corrected chi connectivity index (χ1v) is 6.91. The van der Waals surface area contributed by atoms with Crippen LogP contribution in [0.15, 0.2) is 18.2 Å². The Morgan fingerprint density at radius 2 is 2.06 bits per heavy atom. The van der Waals surface area contributed by atoms with Gasteiger partial charge in [-0.1, -0.05) is 6.42 Å². The predicted octanol–water partition coefficient (Wildman–Crippen LogP) is 3.14. The molecule has 1 aliphatic carbocycles. The molecule has 0 aromatic heterocycles. The molecule has 96 valence electrons. The molecule has 3 rings (SSSR count). The van der Waals surface area contributed by atoms with Crippen molar-refractivity contribution in [3.63, 3.8) is 0 Å². The highest BCUT2D eigenvalue weighted by Crippen LogP contribution is 2.25. The molecule has 1 fully saturated rings.